The molecule has 0 spiro atoms. The molecule has 0 atom stereocenters. The third kappa shape index (κ3) is 4.88. The first-order valence-electron chi connectivity index (χ1n) is 8.09. The topological polar surface area (TPSA) is 139 Å². The molecule has 0 unspecified atom stereocenters. The number of aromatic nitrogens is 2. The van der Waals surface area contributed by atoms with Crippen LogP contribution in [0, 0.1) is 0 Å². The van der Waals surface area contributed by atoms with Gasteiger partial charge in [0.15, 0.2) is 0 Å². The standard InChI is InChI=1S/C17H16N4O5S2/c18-28(24,25)14-8-6-12(7-9-14)19-15(22)10-11-27-16-17(23)26-20-21(16)13-4-2-1-3-5-13/h1-9H,10-11H2,(H3-,18,19,20,22,23,24,25)/p+1. The highest BCUT2D eigenvalue weighted by molar-refractivity contribution is 7.99. The van der Waals surface area contributed by atoms with Crippen LogP contribution >= 0.6 is 11.8 Å². The Morgan fingerprint density at radius 3 is 2.46 bits per heavy atom. The van der Waals surface area contributed by atoms with Gasteiger partial charge in [0, 0.05) is 30.0 Å². The second-order valence-corrected chi connectivity index (χ2v) is 8.32. The van der Waals surface area contributed by atoms with Gasteiger partial charge in [-0.1, -0.05) is 18.2 Å². The summed E-state index contributed by atoms with van der Waals surface area (Å²) in [5.74, 6) is 0.0679. The molecule has 0 fully saturated rings. The summed E-state index contributed by atoms with van der Waals surface area (Å²) in [6, 6.07) is 14.7. The Hall–Kier alpha value is -2.89. The van der Waals surface area contributed by atoms with Crippen molar-refractivity contribution in [1.29, 1.82) is 0 Å². The highest BCUT2D eigenvalue weighted by atomic mass is 32.2. The second kappa shape index (κ2) is 8.42. The normalized spacial score (nSPS) is 11.3. The van der Waals surface area contributed by atoms with Crippen LogP contribution in [0.4, 0.5) is 5.69 Å². The second-order valence-electron chi connectivity index (χ2n) is 5.67. The van der Waals surface area contributed by atoms with Gasteiger partial charge in [-0.25, -0.2) is 18.4 Å². The minimum absolute atomic E-state index is 0.0364. The number of benzene rings is 2. The number of H-pyrrole nitrogens is 1. The van der Waals surface area contributed by atoms with Crippen LogP contribution in [0.5, 0.6) is 0 Å². The summed E-state index contributed by atoms with van der Waals surface area (Å²) >= 11 is 1.19. The van der Waals surface area contributed by atoms with Gasteiger partial charge in [-0.15, -0.1) is 0 Å². The molecular weight excluding hydrogens is 404 g/mol. The van der Waals surface area contributed by atoms with Crippen LogP contribution in [0.1, 0.15) is 6.42 Å². The van der Waals surface area contributed by atoms with Crippen LogP contribution in [0.3, 0.4) is 0 Å². The van der Waals surface area contributed by atoms with Gasteiger partial charge in [0.1, 0.15) is 0 Å². The zero-order chi connectivity index (χ0) is 20.1. The Bertz CT molecular complexity index is 1120. The maximum Gasteiger partial charge on any atom is 0.442 e. The number of nitrogens with one attached hydrogen (secondary N) is 2. The Kier molecular flexibility index (Phi) is 5.97. The van der Waals surface area contributed by atoms with Crippen LogP contribution in [0.25, 0.3) is 5.69 Å². The van der Waals surface area contributed by atoms with E-state index in [1.54, 1.807) is 0 Å². The number of hydrogen-bond donors (Lipinski definition) is 3. The molecule has 0 saturated heterocycles. The average molecular weight is 421 g/mol. The van der Waals surface area contributed by atoms with Gasteiger partial charge < -0.3 is 5.32 Å². The van der Waals surface area contributed by atoms with E-state index in [1.807, 2.05) is 30.3 Å². The van der Waals surface area contributed by atoms with Crippen molar-refractivity contribution >= 4 is 33.4 Å². The summed E-state index contributed by atoms with van der Waals surface area (Å²) in [4.78, 5) is 23.9. The van der Waals surface area contributed by atoms with Crippen molar-refractivity contribution in [2.75, 3.05) is 11.1 Å². The number of sulfonamides is 1. The number of anilines is 1. The number of nitrogens with two attached hydrogens (primary N) is 1. The van der Waals surface area contributed by atoms with Crippen molar-refractivity contribution in [3.8, 4) is 5.69 Å². The zero-order valence-electron chi connectivity index (χ0n) is 14.5. The number of thioether (sulfide) groups is 1. The molecule has 0 aliphatic carbocycles. The fourth-order valence-corrected chi connectivity index (χ4v) is 3.75. The van der Waals surface area contributed by atoms with Crippen molar-refractivity contribution in [2.45, 2.75) is 16.3 Å². The van der Waals surface area contributed by atoms with Gasteiger partial charge >= 0.3 is 10.7 Å². The number of carbonyl (C=O) groups is 1. The van der Waals surface area contributed by atoms with E-state index in [0.717, 1.165) is 5.69 Å². The molecular formula is C17H17N4O5S2+. The lowest BCUT2D eigenvalue weighted by atomic mass is 10.3. The molecule has 11 heteroatoms. The van der Waals surface area contributed by atoms with Crippen LogP contribution in [-0.2, 0) is 14.8 Å². The maximum atomic E-state index is 12.1. The highest BCUT2D eigenvalue weighted by Gasteiger charge is 2.23. The summed E-state index contributed by atoms with van der Waals surface area (Å²) in [6.07, 6.45) is 0.140. The molecule has 0 radical (unpaired) electrons. The lowest BCUT2D eigenvalue weighted by Crippen LogP contribution is -2.36. The fraction of sp³-hybridized carbons (Fsp3) is 0.118. The van der Waals surface area contributed by atoms with Gasteiger partial charge in [0.2, 0.25) is 21.6 Å². The molecule has 4 N–H and O–H groups in total. The first-order valence-corrected chi connectivity index (χ1v) is 10.6. The Balaban J connectivity index is 1.58. The van der Waals surface area contributed by atoms with Crippen molar-refractivity contribution in [3.05, 3.63) is 65.0 Å². The van der Waals surface area contributed by atoms with Crippen LogP contribution in [-0.4, -0.2) is 25.3 Å². The molecule has 1 amide bonds. The van der Waals surface area contributed by atoms with Crippen LogP contribution in [0.2, 0.25) is 0 Å². The number of amides is 1. The van der Waals surface area contributed by atoms with E-state index in [0.29, 0.717) is 16.5 Å². The number of hydrogen-bond acceptors (Lipinski definition) is 6. The van der Waals surface area contributed by atoms with Crippen molar-refractivity contribution in [3.63, 3.8) is 0 Å². The molecule has 2 aromatic carbocycles. The number of primary sulfonamides is 1. The van der Waals surface area contributed by atoms with Crippen molar-refractivity contribution in [2.24, 2.45) is 5.14 Å². The molecule has 0 saturated carbocycles. The van der Waals surface area contributed by atoms with Gasteiger partial charge in [-0.05, 0) is 46.0 Å². The predicted molar refractivity (Wildman–Crippen MR) is 103 cm³/mol. The largest absolute Gasteiger partial charge is 0.442 e. The van der Waals surface area contributed by atoms with E-state index in [1.165, 1.54) is 40.7 Å². The predicted octanol–water partition coefficient (Wildman–Crippen LogP) is 1.01. The summed E-state index contributed by atoms with van der Waals surface area (Å²) in [5, 5.41) is 10.6. The first-order chi connectivity index (χ1) is 13.3. The Labute approximate surface area is 164 Å². The van der Waals surface area contributed by atoms with E-state index in [2.05, 4.69) is 10.6 Å². The molecule has 9 nitrogen and oxygen atoms in total. The first kappa shape index (κ1) is 19.9. The minimum atomic E-state index is -3.78. The fourth-order valence-electron chi connectivity index (χ4n) is 2.33. The lowest BCUT2D eigenvalue weighted by Gasteiger charge is -2.05. The summed E-state index contributed by atoms with van der Waals surface area (Å²) in [5.41, 5.74) is 0.658. The molecule has 1 heterocycles. The summed E-state index contributed by atoms with van der Waals surface area (Å²) in [6.45, 7) is 0. The van der Waals surface area contributed by atoms with E-state index in [4.69, 9.17) is 9.66 Å². The number of para-hydroxylation sites is 1. The lowest BCUT2D eigenvalue weighted by molar-refractivity contribution is -0.704. The van der Waals surface area contributed by atoms with Crippen LogP contribution in [0.15, 0.2) is 73.8 Å². The van der Waals surface area contributed by atoms with Gasteiger partial charge in [0.05, 0.1) is 4.90 Å². The average Bonchev–Trinajstić information content (AvgIpc) is 3.03. The summed E-state index contributed by atoms with van der Waals surface area (Å²) in [7, 11) is -3.78. The highest BCUT2D eigenvalue weighted by Crippen LogP contribution is 2.15. The third-order valence-corrected chi connectivity index (χ3v) is 5.62. The van der Waals surface area contributed by atoms with Crippen LogP contribution < -0.4 is 20.8 Å². The van der Waals surface area contributed by atoms with E-state index < -0.39 is 15.6 Å². The van der Waals surface area contributed by atoms with Crippen molar-refractivity contribution in [1.82, 2.24) is 5.27 Å². The van der Waals surface area contributed by atoms with Gasteiger partial charge in [-0.3, -0.25) is 9.32 Å². The molecule has 0 bridgehead atoms. The van der Waals surface area contributed by atoms with Gasteiger partial charge in [0.25, 0.3) is 0 Å². The smallest absolute Gasteiger partial charge is 0.326 e. The molecule has 0 aliphatic rings. The molecule has 3 aromatic rings. The Morgan fingerprint density at radius 1 is 1.14 bits per heavy atom. The minimum Gasteiger partial charge on any atom is -0.326 e. The zero-order valence-corrected chi connectivity index (χ0v) is 16.1. The van der Waals surface area contributed by atoms with E-state index in [9.17, 15) is 18.0 Å². The summed E-state index contributed by atoms with van der Waals surface area (Å²) < 4.78 is 28.8. The number of nitrogens with zero attached hydrogens (tertiary/aromatic N) is 1. The molecule has 28 heavy (non-hydrogen) atoms. The maximum absolute atomic E-state index is 12.1. The van der Waals surface area contributed by atoms with E-state index >= 15 is 0 Å². The quantitative estimate of drug-likeness (QED) is 0.384. The molecule has 3 rings (SSSR count). The van der Waals surface area contributed by atoms with E-state index in [-0.39, 0.29) is 17.2 Å². The number of aromatic amines is 1. The molecule has 0 aliphatic heterocycles. The SMILES string of the molecule is NS(=O)(=O)c1ccc(NC(=O)CCSc2c(=O)o[nH][n+]2-c2ccccc2)cc1. The monoisotopic (exact) mass is 421 g/mol. The Morgan fingerprint density at radius 2 is 1.82 bits per heavy atom. The number of carbonyl (C=O) groups excluding carboxylic acids is 1. The van der Waals surface area contributed by atoms with Crippen molar-refractivity contribution < 1.29 is 22.4 Å². The molecule has 1 aromatic heterocycles. The van der Waals surface area contributed by atoms with Gasteiger partial charge in [-0.2, -0.15) is 0 Å². The third-order valence-electron chi connectivity index (χ3n) is 3.66. The number of rotatable bonds is 7. The molecule has 146 valence electrons.